The number of hydrogen-bond acceptors (Lipinski definition) is 8. The number of piperidine rings is 1. The second-order valence-corrected chi connectivity index (χ2v) is 14.3. The van der Waals surface area contributed by atoms with E-state index < -0.39 is 17.7 Å². The molecule has 0 aliphatic carbocycles. The van der Waals surface area contributed by atoms with Gasteiger partial charge in [-0.05, 0) is 103 Å². The number of nitrogens with zero attached hydrogens (tertiary/aromatic N) is 4. The first-order chi connectivity index (χ1) is 22.8. The van der Waals surface area contributed by atoms with Crippen LogP contribution in [0.5, 0.6) is 11.5 Å². The number of anilines is 1. The number of carboxylic acid groups (broad SMARTS) is 1. The van der Waals surface area contributed by atoms with Crippen molar-refractivity contribution in [2.24, 2.45) is 0 Å². The van der Waals surface area contributed by atoms with Crippen LogP contribution in [0, 0.1) is 6.92 Å². The molecular formula is C38H48N4O6. The van der Waals surface area contributed by atoms with Gasteiger partial charge in [-0.25, -0.2) is 9.78 Å². The van der Waals surface area contributed by atoms with Crippen molar-refractivity contribution in [2.75, 3.05) is 31.7 Å². The van der Waals surface area contributed by atoms with Crippen molar-refractivity contribution >= 4 is 17.4 Å². The lowest BCUT2D eigenvalue weighted by atomic mass is 9.92. The lowest BCUT2D eigenvalue weighted by molar-refractivity contribution is -0.160. The number of fused-ring (bicyclic) bond motifs is 8. The normalized spacial score (nSPS) is 21.1. The fraction of sp³-hybridized carbons (Fsp3) is 0.500. The van der Waals surface area contributed by atoms with Crippen molar-refractivity contribution in [1.82, 2.24) is 14.6 Å². The Kier molecular flexibility index (Phi) is 9.42. The molecule has 0 saturated carbocycles. The molecule has 7 rings (SSSR count). The van der Waals surface area contributed by atoms with Crippen molar-refractivity contribution in [1.29, 1.82) is 0 Å². The van der Waals surface area contributed by atoms with Gasteiger partial charge in [0.25, 0.3) is 0 Å². The molecule has 0 amide bonds. The Morgan fingerprint density at radius 3 is 2.54 bits per heavy atom. The summed E-state index contributed by atoms with van der Waals surface area (Å²) in [6, 6.07) is 16.1. The summed E-state index contributed by atoms with van der Waals surface area (Å²) in [5.41, 5.74) is 4.32. The van der Waals surface area contributed by atoms with Crippen LogP contribution in [0.25, 0.3) is 28.0 Å². The van der Waals surface area contributed by atoms with Gasteiger partial charge in [-0.2, -0.15) is 9.61 Å². The number of rotatable bonds is 4. The van der Waals surface area contributed by atoms with Crippen LogP contribution in [0.2, 0.25) is 0 Å². The van der Waals surface area contributed by atoms with Crippen LogP contribution < -0.4 is 14.4 Å². The van der Waals surface area contributed by atoms with E-state index in [0.717, 1.165) is 66.0 Å². The molecule has 0 unspecified atom stereocenters. The molecule has 2 aromatic heterocycles. The van der Waals surface area contributed by atoms with E-state index in [4.69, 9.17) is 29.0 Å². The predicted molar refractivity (Wildman–Crippen MR) is 186 cm³/mol. The zero-order valence-corrected chi connectivity index (χ0v) is 29.2. The molecule has 4 aromatic rings. The summed E-state index contributed by atoms with van der Waals surface area (Å²) in [6.07, 6.45) is 3.24. The molecule has 2 atom stereocenters. The van der Waals surface area contributed by atoms with Gasteiger partial charge in [0, 0.05) is 42.6 Å². The van der Waals surface area contributed by atoms with Crippen molar-refractivity contribution < 1.29 is 28.8 Å². The van der Waals surface area contributed by atoms with Crippen LogP contribution in [0.3, 0.4) is 0 Å². The van der Waals surface area contributed by atoms with Crippen molar-refractivity contribution in [3.8, 4) is 33.9 Å². The highest BCUT2D eigenvalue weighted by Gasteiger charge is 2.38. The van der Waals surface area contributed by atoms with Crippen molar-refractivity contribution in [3.05, 3.63) is 59.8 Å². The van der Waals surface area contributed by atoms with Gasteiger partial charge in [0.1, 0.15) is 17.3 Å². The molecule has 48 heavy (non-hydrogen) atoms. The number of methoxy groups -OCH3 is 1. The van der Waals surface area contributed by atoms with Crippen molar-refractivity contribution in [2.45, 2.75) is 97.1 Å². The topological polar surface area (TPSA) is 108 Å². The number of hydrogen-bond donors (Lipinski definition) is 1. The van der Waals surface area contributed by atoms with Crippen LogP contribution in [-0.2, 0) is 14.3 Å². The zero-order valence-electron chi connectivity index (χ0n) is 29.2. The fourth-order valence-electron chi connectivity index (χ4n) is 6.73. The summed E-state index contributed by atoms with van der Waals surface area (Å²) in [4.78, 5) is 20.0. The van der Waals surface area contributed by atoms with Crippen LogP contribution >= 0.6 is 0 Å². The summed E-state index contributed by atoms with van der Waals surface area (Å²) in [7, 11) is 1.66. The van der Waals surface area contributed by atoms with Gasteiger partial charge >= 0.3 is 5.97 Å². The van der Waals surface area contributed by atoms with E-state index in [0.29, 0.717) is 42.4 Å². The quantitative estimate of drug-likeness (QED) is 0.237. The van der Waals surface area contributed by atoms with E-state index in [2.05, 4.69) is 30.9 Å². The van der Waals surface area contributed by atoms with E-state index in [1.54, 1.807) is 11.6 Å². The maximum absolute atomic E-state index is 12.8. The van der Waals surface area contributed by atoms with E-state index in [1.165, 1.54) is 0 Å². The van der Waals surface area contributed by atoms with Gasteiger partial charge in [0.15, 0.2) is 11.8 Å². The summed E-state index contributed by atoms with van der Waals surface area (Å²) in [5, 5.41) is 15.6. The number of benzene rings is 2. The second kappa shape index (κ2) is 13.4. The molecule has 1 N–H and O–H groups in total. The Morgan fingerprint density at radius 1 is 1.08 bits per heavy atom. The molecule has 6 bridgehead atoms. The monoisotopic (exact) mass is 656 g/mol. The third-order valence-corrected chi connectivity index (χ3v) is 9.32. The van der Waals surface area contributed by atoms with E-state index in [1.807, 2.05) is 64.1 Å². The van der Waals surface area contributed by atoms with Gasteiger partial charge in [-0.1, -0.05) is 18.2 Å². The molecule has 3 aliphatic rings. The minimum absolute atomic E-state index is 0.0296. The smallest absolute Gasteiger partial charge is 0.337 e. The molecule has 256 valence electrons. The number of aromatic nitrogens is 3. The van der Waals surface area contributed by atoms with E-state index >= 15 is 0 Å². The molecule has 5 heterocycles. The van der Waals surface area contributed by atoms with Crippen LogP contribution in [0.1, 0.15) is 84.1 Å². The number of ether oxygens (including phenoxy) is 4. The molecule has 10 nitrogen and oxygen atoms in total. The highest BCUT2D eigenvalue weighted by Crippen LogP contribution is 2.40. The van der Waals surface area contributed by atoms with Gasteiger partial charge < -0.3 is 29.0 Å². The molecule has 3 aliphatic heterocycles. The van der Waals surface area contributed by atoms with E-state index in [9.17, 15) is 9.90 Å². The maximum atomic E-state index is 12.8. The third-order valence-electron chi connectivity index (χ3n) is 9.32. The first-order valence-electron chi connectivity index (χ1n) is 17.0. The molecule has 10 heteroatoms. The third kappa shape index (κ3) is 7.15. The molecule has 2 aromatic carbocycles. The number of aryl methyl sites for hydroxylation is 1. The van der Waals surface area contributed by atoms with E-state index in [-0.39, 0.29) is 11.7 Å². The fourth-order valence-corrected chi connectivity index (χ4v) is 6.73. The Morgan fingerprint density at radius 2 is 1.83 bits per heavy atom. The maximum Gasteiger partial charge on any atom is 0.337 e. The van der Waals surface area contributed by atoms with Crippen LogP contribution in [-0.4, -0.2) is 69.8 Å². The highest BCUT2D eigenvalue weighted by molar-refractivity contribution is 5.80. The Labute approximate surface area is 283 Å². The summed E-state index contributed by atoms with van der Waals surface area (Å²) in [6.45, 7) is 13.8. The largest absolute Gasteiger partial charge is 0.497 e. The molecule has 1 saturated heterocycles. The minimum atomic E-state index is -1.23. The van der Waals surface area contributed by atoms with Crippen LogP contribution in [0.15, 0.2) is 48.5 Å². The first kappa shape index (κ1) is 33.7. The molecule has 0 radical (unpaired) electrons. The standard InChI is InChI=1S/C38H48N4O6/c1-24-11-8-9-20-46-38(6)16-18-41(19-17-38)35-33(34(36(43)44)48-37(3,4)5)25(2)39-32-23-30(40-42(32)35)27-13-10-12-26(21-27)29-22-28(45-7)14-15-31(29)47-24/h10,12-15,21-24,34H,8-9,11,16-20H2,1-7H3,(H,43,44)/t24-,34-/m0/s1. The Hall–Kier alpha value is -4.15. The second-order valence-electron chi connectivity index (χ2n) is 14.3. The summed E-state index contributed by atoms with van der Waals surface area (Å²) >= 11 is 0. The zero-order chi connectivity index (χ0) is 34.2. The van der Waals surface area contributed by atoms with Crippen molar-refractivity contribution in [3.63, 3.8) is 0 Å². The van der Waals surface area contributed by atoms with Gasteiger partial charge in [-0.15, -0.1) is 0 Å². The highest BCUT2D eigenvalue weighted by atomic mass is 16.5. The number of carbonyl (C=O) groups is 1. The Balaban J connectivity index is 1.54. The Bertz CT molecular complexity index is 1790. The molecular weight excluding hydrogens is 608 g/mol. The predicted octanol–water partition coefficient (Wildman–Crippen LogP) is 7.65. The summed E-state index contributed by atoms with van der Waals surface area (Å²) < 4.78 is 26.6. The van der Waals surface area contributed by atoms with Crippen LogP contribution in [0.4, 0.5) is 5.82 Å². The SMILES string of the molecule is COc1ccc2c(c1)-c1cccc(c1)-c1cc3nc(C)c([C@H](OC(C)(C)C)C(=O)O)c(n3n1)N1CCC(C)(CC1)OCCCC[C@H](C)O2. The molecule has 1 fully saturated rings. The number of carboxylic acids is 1. The lowest BCUT2D eigenvalue weighted by Gasteiger charge is -2.41. The average Bonchev–Trinajstić information content (AvgIpc) is 3.46. The molecule has 0 spiro atoms. The first-order valence-corrected chi connectivity index (χ1v) is 17.0. The van der Waals surface area contributed by atoms with Gasteiger partial charge in [0.05, 0.1) is 35.7 Å². The van der Waals surface area contributed by atoms with Gasteiger partial charge in [-0.3, -0.25) is 0 Å². The lowest BCUT2D eigenvalue weighted by Crippen LogP contribution is -2.46. The summed E-state index contributed by atoms with van der Waals surface area (Å²) in [5.74, 6) is 1.18. The average molecular weight is 657 g/mol. The minimum Gasteiger partial charge on any atom is -0.497 e. The number of aliphatic carboxylic acids is 1. The van der Waals surface area contributed by atoms with Gasteiger partial charge in [0.2, 0.25) is 0 Å².